The highest BCUT2D eigenvalue weighted by molar-refractivity contribution is 5.83. The van der Waals surface area contributed by atoms with Crippen LogP contribution >= 0.6 is 0 Å². The van der Waals surface area contributed by atoms with Crippen molar-refractivity contribution in [2.24, 2.45) is 0 Å². The summed E-state index contributed by atoms with van der Waals surface area (Å²) >= 11 is 0. The maximum atomic E-state index is 13.1. The van der Waals surface area contributed by atoms with Crippen molar-refractivity contribution in [3.8, 4) is 11.1 Å². The molecule has 0 spiro atoms. The van der Waals surface area contributed by atoms with E-state index < -0.39 is 0 Å². The van der Waals surface area contributed by atoms with Gasteiger partial charge in [-0.2, -0.15) is 0 Å². The number of hydrogen-bond donors (Lipinski definition) is 0. The molecule has 1 aliphatic rings. The summed E-state index contributed by atoms with van der Waals surface area (Å²) in [5, 5.41) is 0.633. The van der Waals surface area contributed by atoms with Crippen LogP contribution in [0.2, 0.25) is 0 Å². The van der Waals surface area contributed by atoms with Crippen LogP contribution in [0.15, 0.2) is 47.3 Å². The van der Waals surface area contributed by atoms with Gasteiger partial charge in [0.15, 0.2) is 0 Å². The molecule has 0 atom stereocenters. The lowest BCUT2D eigenvalue weighted by Gasteiger charge is -2.11. The lowest BCUT2D eigenvalue weighted by atomic mass is 10.0. The number of halogens is 1. The van der Waals surface area contributed by atoms with Crippen LogP contribution in [0.3, 0.4) is 0 Å². The van der Waals surface area contributed by atoms with Gasteiger partial charge in [0, 0.05) is 26.1 Å². The molecule has 0 bridgehead atoms. The Hall–Kier alpha value is -2.53. The highest BCUT2D eigenvalue weighted by Crippen LogP contribution is 2.23. The van der Waals surface area contributed by atoms with E-state index >= 15 is 0 Å². The monoisotopic (exact) mass is 323 g/mol. The number of aromatic nitrogens is 2. The molecule has 4 rings (SSSR count). The fraction of sp³-hybridized carbons (Fsp3) is 0.263. The van der Waals surface area contributed by atoms with Crippen LogP contribution in [0, 0.1) is 5.82 Å². The predicted octanol–water partition coefficient (Wildman–Crippen LogP) is 2.69. The topological polar surface area (TPSA) is 38.1 Å². The van der Waals surface area contributed by atoms with Gasteiger partial charge in [0.25, 0.3) is 5.56 Å². The van der Waals surface area contributed by atoms with E-state index in [1.54, 1.807) is 16.7 Å². The van der Waals surface area contributed by atoms with Crippen molar-refractivity contribution in [1.82, 2.24) is 14.5 Å². The van der Waals surface area contributed by atoms with Crippen molar-refractivity contribution in [3.05, 3.63) is 64.5 Å². The van der Waals surface area contributed by atoms with E-state index in [0.29, 0.717) is 17.4 Å². The van der Waals surface area contributed by atoms with Crippen LogP contribution in [0.25, 0.3) is 22.0 Å². The van der Waals surface area contributed by atoms with E-state index in [4.69, 9.17) is 4.98 Å². The SMILES string of the molecule is CN1CCc2nc3cc(-c4ccc(F)cc4)ccc3c(=O)n2CC1. The Morgan fingerprint density at radius 3 is 2.54 bits per heavy atom. The number of hydrogen-bond acceptors (Lipinski definition) is 3. The molecule has 0 aliphatic carbocycles. The van der Waals surface area contributed by atoms with Gasteiger partial charge in [-0.25, -0.2) is 9.37 Å². The molecule has 0 saturated carbocycles. The zero-order valence-electron chi connectivity index (χ0n) is 13.5. The van der Waals surface area contributed by atoms with Gasteiger partial charge in [-0.1, -0.05) is 18.2 Å². The van der Waals surface area contributed by atoms with E-state index in [2.05, 4.69) is 11.9 Å². The van der Waals surface area contributed by atoms with Crippen LogP contribution in [-0.2, 0) is 13.0 Å². The van der Waals surface area contributed by atoms with Gasteiger partial charge in [-0.3, -0.25) is 9.36 Å². The third kappa shape index (κ3) is 2.61. The zero-order chi connectivity index (χ0) is 16.7. The van der Waals surface area contributed by atoms with E-state index in [1.165, 1.54) is 12.1 Å². The van der Waals surface area contributed by atoms with Crippen molar-refractivity contribution < 1.29 is 4.39 Å². The molecular weight excluding hydrogens is 305 g/mol. The third-order valence-electron chi connectivity index (χ3n) is 4.63. The maximum absolute atomic E-state index is 13.1. The van der Waals surface area contributed by atoms with Crippen molar-refractivity contribution in [2.45, 2.75) is 13.0 Å². The predicted molar refractivity (Wildman–Crippen MR) is 92.6 cm³/mol. The summed E-state index contributed by atoms with van der Waals surface area (Å²) in [7, 11) is 2.06. The summed E-state index contributed by atoms with van der Waals surface area (Å²) < 4.78 is 14.9. The summed E-state index contributed by atoms with van der Waals surface area (Å²) in [6, 6.07) is 12.0. The van der Waals surface area contributed by atoms with Gasteiger partial charge in [-0.15, -0.1) is 0 Å². The van der Waals surface area contributed by atoms with Gasteiger partial charge in [0.2, 0.25) is 0 Å². The van der Waals surface area contributed by atoms with Gasteiger partial charge in [0.05, 0.1) is 10.9 Å². The molecule has 0 radical (unpaired) electrons. The highest BCUT2D eigenvalue weighted by Gasteiger charge is 2.16. The molecule has 0 saturated heterocycles. The summed E-state index contributed by atoms with van der Waals surface area (Å²) in [4.78, 5) is 19.7. The molecule has 0 N–H and O–H groups in total. The van der Waals surface area contributed by atoms with Crippen LogP contribution in [0.4, 0.5) is 4.39 Å². The Bertz CT molecular complexity index is 963. The average molecular weight is 323 g/mol. The van der Waals surface area contributed by atoms with Crippen LogP contribution in [0.5, 0.6) is 0 Å². The molecular formula is C19H18FN3O. The van der Waals surface area contributed by atoms with Crippen LogP contribution in [0.1, 0.15) is 5.82 Å². The fourth-order valence-electron chi connectivity index (χ4n) is 3.18. The number of nitrogens with zero attached hydrogens (tertiary/aromatic N) is 3. The molecule has 122 valence electrons. The number of benzene rings is 2. The minimum Gasteiger partial charge on any atom is -0.304 e. The van der Waals surface area contributed by atoms with Crippen LogP contribution < -0.4 is 5.56 Å². The average Bonchev–Trinajstić information content (AvgIpc) is 2.77. The lowest BCUT2D eigenvalue weighted by Crippen LogP contribution is -2.27. The van der Waals surface area contributed by atoms with Gasteiger partial charge in [0.1, 0.15) is 11.6 Å². The summed E-state index contributed by atoms with van der Waals surface area (Å²) in [6.07, 6.45) is 0.766. The van der Waals surface area contributed by atoms with Gasteiger partial charge >= 0.3 is 0 Å². The maximum Gasteiger partial charge on any atom is 0.261 e. The molecule has 0 amide bonds. The standard InChI is InChI=1S/C19H18FN3O/c1-22-9-8-18-21-17-12-14(13-2-5-15(20)6-3-13)4-7-16(17)19(24)23(18)11-10-22/h2-7,12H,8-11H2,1H3. The summed E-state index contributed by atoms with van der Waals surface area (Å²) in [5.41, 5.74) is 2.58. The first-order valence-corrected chi connectivity index (χ1v) is 8.10. The van der Waals surface area contributed by atoms with Crippen LogP contribution in [-0.4, -0.2) is 34.6 Å². The second-order valence-electron chi connectivity index (χ2n) is 6.28. The summed E-state index contributed by atoms with van der Waals surface area (Å²) in [6.45, 7) is 2.43. The Labute approximate surface area is 139 Å². The minimum absolute atomic E-state index is 0.0240. The molecule has 24 heavy (non-hydrogen) atoms. The smallest absolute Gasteiger partial charge is 0.261 e. The second-order valence-corrected chi connectivity index (χ2v) is 6.28. The van der Waals surface area contributed by atoms with Crippen molar-refractivity contribution in [2.75, 3.05) is 20.1 Å². The van der Waals surface area contributed by atoms with Gasteiger partial charge in [-0.05, 0) is 42.4 Å². The third-order valence-corrected chi connectivity index (χ3v) is 4.63. The first-order valence-electron chi connectivity index (χ1n) is 8.10. The summed E-state index contributed by atoms with van der Waals surface area (Å²) in [5.74, 6) is 0.582. The van der Waals surface area contributed by atoms with Crippen molar-refractivity contribution in [1.29, 1.82) is 0 Å². The zero-order valence-corrected chi connectivity index (χ0v) is 13.5. The first kappa shape index (κ1) is 15.0. The Morgan fingerprint density at radius 2 is 1.75 bits per heavy atom. The van der Waals surface area contributed by atoms with Crippen molar-refractivity contribution in [3.63, 3.8) is 0 Å². The van der Waals surface area contributed by atoms with E-state index in [0.717, 1.165) is 36.5 Å². The molecule has 1 aliphatic heterocycles. The Kier molecular flexibility index (Phi) is 3.65. The van der Waals surface area contributed by atoms with E-state index in [-0.39, 0.29) is 11.4 Å². The quantitative estimate of drug-likeness (QED) is 0.691. The number of fused-ring (bicyclic) bond motifs is 2. The lowest BCUT2D eigenvalue weighted by molar-refractivity contribution is 0.341. The van der Waals surface area contributed by atoms with Gasteiger partial charge < -0.3 is 4.90 Å². The van der Waals surface area contributed by atoms with Crippen molar-refractivity contribution >= 4 is 10.9 Å². The number of likely N-dealkylation sites (N-methyl/N-ethyl adjacent to an activating group) is 1. The first-order chi connectivity index (χ1) is 11.6. The normalized spacial score (nSPS) is 15.2. The van der Waals surface area contributed by atoms with E-state index in [9.17, 15) is 9.18 Å². The Balaban J connectivity index is 1.86. The minimum atomic E-state index is -0.259. The molecule has 0 unspecified atom stereocenters. The molecule has 2 aromatic carbocycles. The fourth-order valence-corrected chi connectivity index (χ4v) is 3.18. The molecule has 2 heterocycles. The molecule has 0 fully saturated rings. The largest absolute Gasteiger partial charge is 0.304 e. The molecule has 3 aromatic rings. The van der Waals surface area contributed by atoms with E-state index in [1.807, 2.05) is 18.2 Å². The number of rotatable bonds is 1. The molecule has 1 aromatic heterocycles. The molecule has 5 heteroatoms. The molecule has 4 nitrogen and oxygen atoms in total. The second kappa shape index (κ2) is 5.83. The Morgan fingerprint density at radius 1 is 1.00 bits per heavy atom. The highest BCUT2D eigenvalue weighted by atomic mass is 19.1.